The number of carbonyl (C=O) groups is 1. The van der Waals surface area contributed by atoms with E-state index >= 15 is 0 Å². The summed E-state index contributed by atoms with van der Waals surface area (Å²) in [6, 6.07) is 3.00. The van der Waals surface area contributed by atoms with Crippen LogP contribution in [0.2, 0.25) is 0 Å². The molecule has 0 aliphatic carbocycles. The van der Waals surface area contributed by atoms with Gasteiger partial charge >= 0.3 is 12.3 Å². The smallest absolute Gasteiger partial charge is 0.416 e. The highest BCUT2D eigenvalue weighted by Crippen LogP contribution is 2.41. The molecular formula is C18H16F5N5O2. The minimum Gasteiger partial charge on any atom is -0.435 e. The molecule has 2 aliphatic rings. The normalized spacial score (nSPS) is 19.3. The molecule has 0 unspecified atom stereocenters. The molecule has 0 radical (unpaired) electrons. The average molecular weight is 429 g/mol. The lowest BCUT2D eigenvalue weighted by atomic mass is 9.98. The highest BCUT2D eigenvalue weighted by molar-refractivity contribution is 5.89. The molecule has 0 spiro atoms. The fraction of sp³-hybridized carbons (Fsp3) is 0.389. The number of halogens is 5. The van der Waals surface area contributed by atoms with E-state index in [0.29, 0.717) is 26.2 Å². The van der Waals surface area contributed by atoms with Gasteiger partial charge in [0.25, 0.3) is 6.43 Å². The van der Waals surface area contributed by atoms with Gasteiger partial charge < -0.3 is 15.0 Å². The number of nitrogens with zero attached hydrogens (tertiary/aromatic N) is 3. The number of piperazine rings is 1. The molecule has 160 valence electrons. The Labute approximate surface area is 167 Å². The summed E-state index contributed by atoms with van der Waals surface area (Å²) >= 11 is 0. The molecular weight excluding hydrogens is 413 g/mol. The van der Waals surface area contributed by atoms with Gasteiger partial charge in [-0.3, -0.25) is 5.32 Å². The van der Waals surface area contributed by atoms with Crippen molar-refractivity contribution in [3.05, 3.63) is 35.5 Å². The van der Waals surface area contributed by atoms with Gasteiger partial charge in [-0.05, 0) is 18.2 Å². The van der Waals surface area contributed by atoms with Gasteiger partial charge in [0.1, 0.15) is 11.6 Å². The van der Waals surface area contributed by atoms with E-state index in [0.717, 1.165) is 12.1 Å². The molecule has 0 saturated carbocycles. The van der Waals surface area contributed by atoms with Gasteiger partial charge in [-0.15, -0.1) is 0 Å². The number of nitrogens with one attached hydrogen (secondary N) is 2. The van der Waals surface area contributed by atoms with E-state index in [2.05, 4.69) is 25.3 Å². The summed E-state index contributed by atoms with van der Waals surface area (Å²) in [6.07, 6.45) is -9.65. The Balaban J connectivity index is 1.88. The van der Waals surface area contributed by atoms with Gasteiger partial charge in [-0.25, -0.2) is 23.5 Å². The third kappa shape index (κ3) is 3.86. The highest BCUT2D eigenvalue weighted by Gasteiger charge is 2.38. The molecule has 2 aromatic heterocycles. The van der Waals surface area contributed by atoms with Crippen LogP contribution in [0, 0.1) is 0 Å². The fourth-order valence-corrected chi connectivity index (χ4v) is 3.44. The van der Waals surface area contributed by atoms with E-state index in [1.807, 2.05) is 0 Å². The number of carbonyl (C=O) groups excluding carboxylic acids is 1. The molecule has 2 N–H and O–H groups in total. The number of amides is 1. The van der Waals surface area contributed by atoms with Crippen LogP contribution >= 0.6 is 0 Å². The molecule has 0 bridgehead atoms. The topological polar surface area (TPSA) is 79.4 Å². The maximum absolute atomic E-state index is 13.6. The van der Waals surface area contributed by atoms with Crippen molar-refractivity contribution < 1.29 is 31.5 Å². The van der Waals surface area contributed by atoms with E-state index in [1.54, 1.807) is 4.90 Å². The van der Waals surface area contributed by atoms with E-state index in [9.17, 15) is 26.7 Å². The molecule has 7 nitrogen and oxygen atoms in total. The Morgan fingerprint density at radius 2 is 1.93 bits per heavy atom. The van der Waals surface area contributed by atoms with Gasteiger partial charge in [0.05, 0.1) is 16.8 Å². The molecule has 12 heteroatoms. The molecule has 4 rings (SSSR count). The van der Waals surface area contributed by atoms with Crippen molar-refractivity contribution in [1.82, 2.24) is 15.3 Å². The van der Waals surface area contributed by atoms with Gasteiger partial charge in [-0.1, -0.05) is 0 Å². The van der Waals surface area contributed by atoms with Crippen LogP contribution in [0.15, 0.2) is 24.4 Å². The first-order chi connectivity index (χ1) is 14.2. The van der Waals surface area contributed by atoms with Gasteiger partial charge in [0.15, 0.2) is 6.10 Å². The number of hydrogen-bond donors (Lipinski definition) is 2. The Kier molecular flexibility index (Phi) is 5.18. The van der Waals surface area contributed by atoms with Crippen LogP contribution in [0.25, 0.3) is 11.3 Å². The standard InChI is InChI=1S/C18H16F5N5O2/c19-15(20)14-13-10(1-2-25-16(13)27-17(29)30-14)11-7-9(18(21,22)23)8-12(26-11)28-5-3-24-4-6-28/h1-2,7-8,14-15,24H,3-6H2,(H,25,27,29)/t14-/m1/s1. The zero-order valence-electron chi connectivity index (χ0n) is 15.3. The van der Waals surface area contributed by atoms with Crippen molar-refractivity contribution in [3.8, 4) is 11.3 Å². The number of rotatable bonds is 3. The predicted molar refractivity (Wildman–Crippen MR) is 96.4 cm³/mol. The second-order valence-electron chi connectivity index (χ2n) is 6.74. The van der Waals surface area contributed by atoms with Crippen LogP contribution in [-0.4, -0.2) is 48.7 Å². The molecule has 1 amide bonds. The average Bonchev–Trinajstić information content (AvgIpc) is 2.72. The largest absolute Gasteiger partial charge is 0.435 e. The maximum Gasteiger partial charge on any atom is 0.416 e. The molecule has 1 atom stereocenters. The molecule has 0 aromatic carbocycles. The zero-order valence-corrected chi connectivity index (χ0v) is 15.3. The van der Waals surface area contributed by atoms with E-state index in [-0.39, 0.29) is 28.5 Å². The number of cyclic esters (lactones) is 1. The van der Waals surface area contributed by atoms with Crippen molar-refractivity contribution in [2.24, 2.45) is 0 Å². The van der Waals surface area contributed by atoms with Crippen LogP contribution in [-0.2, 0) is 10.9 Å². The van der Waals surface area contributed by atoms with Crippen molar-refractivity contribution in [2.45, 2.75) is 18.7 Å². The van der Waals surface area contributed by atoms with Crippen molar-refractivity contribution in [3.63, 3.8) is 0 Å². The first-order valence-corrected chi connectivity index (χ1v) is 9.04. The van der Waals surface area contributed by atoms with Gasteiger partial charge in [0, 0.05) is 37.9 Å². The number of ether oxygens (including phenoxy) is 1. The van der Waals surface area contributed by atoms with Crippen LogP contribution < -0.4 is 15.5 Å². The van der Waals surface area contributed by atoms with Gasteiger partial charge in [-0.2, -0.15) is 13.2 Å². The Hall–Kier alpha value is -3.02. The highest BCUT2D eigenvalue weighted by atomic mass is 19.4. The van der Waals surface area contributed by atoms with Crippen LogP contribution in [0.4, 0.5) is 38.4 Å². The summed E-state index contributed by atoms with van der Waals surface area (Å²) in [7, 11) is 0. The molecule has 4 heterocycles. The van der Waals surface area contributed by atoms with E-state index in [4.69, 9.17) is 0 Å². The summed E-state index contributed by atoms with van der Waals surface area (Å²) in [5.41, 5.74) is -1.36. The van der Waals surface area contributed by atoms with E-state index < -0.39 is 30.4 Å². The number of anilines is 2. The zero-order chi connectivity index (χ0) is 21.5. The third-order valence-electron chi connectivity index (χ3n) is 4.81. The quantitative estimate of drug-likeness (QED) is 0.728. The SMILES string of the molecule is O=C1Nc2nccc(-c3cc(C(F)(F)F)cc(N4CCNCC4)n3)c2[C@H](C(F)F)O1. The predicted octanol–water partition coefficient (Wildman–Crippen LogP) is 3.44. The summed E-state index contributed by atoms with van der Waals surface area (Å²) in [5, 5.41) is 5.30. The van der Waals surface area contributed by atoms with Gasteiger partial charge in [0.2, 0.25) is 0 Å². The minimum absolute atomic E-state index is 0.0206. The number of alkyl halides is 5. The number of aromatic nitrogens is 2. The number of pyridine rings is 2. The lowest BCUT2D eigenvalue weighted by Gasteiger charge is -2.30. The summed E-state index contributed by atoms with van der Waals surface area (Å²) in [4.78, 5) is 21.4. The lowest BCUT2D eigenvalue weighted by molar-refractivity contribution is -0.137. The summed E-state index contributed by atoms with van der Waals surface area (Å²) in [5.74, 6) is -0.113. The van der Waals surface area contributed by atoms with Crippen LogP contribution in [0.3, 0.4) is 0 Å². The first-order valence-electron chi connectivity index (χ1n) is 9.04. The molecule has 30 heavy (non-hydrogen) atoms. The summed E-state index contributed by atoms with van der Waals surface area (Å²) < 4.78 is 72.4. The van der Waals surface area contributed by atoms with Crippen molar-refractivity contribution in [2.75, 3.05) is 36.4 Å². The Morgan fingerprint density at radius 3 is 2.60 bits per heavy atom. The minimum atomic E-state index is -4.67. The molecule has 2 aromatic rings. The van der Waals surface area contributed by atoms with Crippen molar-refractivity contribution in [1.29, 1.82) is 0 Å². The maximum atomic E-state index is 13.6. The number of fused-ring (bicyclic) bond motifs is 1. The second-order valence-corrected chi connectivity index (χ2v) is 6.74. The fourth-order valence-electron chi connectivity index (χ4n) is 3.44. The molecule has 1 saturated heterocycles. The van der Waals surface area contributed by atoms with Crippen LogP contribution in [0.5, 0.6) is 0 Å². The Bertz CT molecular complexity index is 962. The first kappa shape index (κ1) is 20.3. The van der Waals surface area contributed by atoms with E-state index in [1.165, 1.54) is 12.3 Å². The second kappa shape index (κ2) is 7.67. The molecule has 2 aliphatic heterocycles. The monoisotopic (exact) mass is 429 g/mol. The molecule has 1 fully saturated rings. The lowest BCUT2D eigenvalue weighted by Crippen LogP contribution is -2.44. The van der Waals surface area contributed by atoms with Crippen molar-refractivity contribution >= 4 is 17.7 Å². The Morgan fingerprint density at radius 1 is 1.20 bits per heavy atom. The van der Waals surface area contributed by atoms with Crippen LogP contribution in [0.1, 0.15) is 17.2 Å². The third-order valence-corrected chi connectivity index (χ3v) is 4.81. The number of hydrogen-bond acceptors (Lipinski definition) is 6. The summed E-state index contributed by atoms with van der Waals surface area (Å²) in [6.45, 7) is 2.04.